The number of rotatable bonds is 14. The van der Waals surface area contributed by atoms with Gasteiger partial charge in [-0.15, -0.1) is 10.2 Å². The van der Waals surface area contributed by atoms with Crippen LogP contribution in [-0.4, -0.2) is 93.1 Å². The third-order valence-corrected chi connectivity index (χ3v) is 6.34. The number of aromatic nitrogens is 4. The topological polar surface area (TPSA) is 113 Å². The van der Waals surface area contributed by atoms with E-state index < -0.39 is 24.4 Å². The number of carbonyl (C=O) groups is 2. The fraction of sp³-hybridized carbons (Fsp3) is 0.714. The van der Waals surface area contributed by atoms with E-state index in [2.05, 4.69) is 10.2 Å². The first-order valence-electron chi connectivity index (χ1n) is 14.0. The van der Waals surface area contributed by atoms with Gasteiger partial charge in [0.2, 0.25) is 11.8 Å². The Hall–Kier alpha value is -3.12. The third-order valence-electron chi connectivity index (χ3n) is 6.34. The lowest BCUT2D eigenvalue weighted by Gasteiger charge is -2.30. The second-order valence-electron chi connectivity index (χ2n) is 11.3. The molecule has 2 aromatic heterocycles. The van der Waals surface area contributed by atoms with E-state index in [1.54, 1.807) is 21.5 Å². The van der Waals surface area contributed by atoms with Crippen LogP contribution >= 0.6 is 0 Å². The SMILES string of the molecule is CCN(CC)C(COc1ccn(C(C)(C)C)n1)OC(=O)C(=O)OC(COc1ccn(C(C)(C)C)n1)N(CC)CC. The summed E-state index contributed by atoms with van der Waals surface area (Å²) in [6, 6.07) is 3.50. The molecule has 0 aliphatic carbocycles. The van der Waals surface area contributed by atoms with E-state index in [0.29, 0.717) is 37.9 Å². The van der Waals surface area contributed by atoms with Gasteiger partial charge in [0, 0.05) is 24.5 Å². The fourth-order valence-corrected chi connectivity index (χ4v) is 3.86. The molecule has 0 saturated carbocycles. The second kappa shape index (κ2) is 14.5. The molecule has 0 aliphatic heterocycles. The van der Waals surface area contributed by atoms with Crippen LogP contribution in [0, 0.1) is 0 Å². The Morgan fingerprint density at radius 3 is 1.27 bits per heavy atom. The van der Waals surface area contributed by atoms with Crippen molar-refractivity contribution in [2.75, 3.05) is 39.4 Å². The van der Waals surface area contributed by atoms with Crippen molar-refractivity contribution in [2.24, 2.45) is 0 Å². The Bertz CT molecular complexity index is 978. The van der Waals surface area contributed by atoms with Crippen molar-refractivity contribution >= 4 is 11.9 Å². The van der Waals surface area contributed by atoms with Gasteiger partial charge in [-0.3, -0.25) is 19.2 Å². The fourth-order valence-electron chi connectivity index (χ4n) is 3.86. The molecule has 0 radical (unpaired) electrons. The quantitative estimate of drug-likeness (QED) is 0.192. The van der Waals surface area contributed by atoms with Crippen LogP contribution in [0.5, 0.6) is 11.8 Å². The molecule has 0 bridgehead atoms. The molecule has 226 valence electrons. The number of likely N-dealkylation sites (N-methyl/N-ethyl adjacent to an activating group) is 2. The van der Waals surface area contributed by atoms with Crippen molar-refractivity contribution in [3.63, 3.8) is 0 Å². The minimum Gasteiger partial charge on any atom is -0.471 e. The first kappa shape index (κ1) is 33.1. The summed E-state index contributed by atoms with van der Waals surface area (Å²) in [6.07, 6.45) is 2.04. The highest BCUT2D eigenvalue weighted by Gasteiger charge is 2.31. The molecule has 0 aliphatic rings. The number of hydrogen-bond donors (Lipinski definition) is 0. The molecule has 2 unspecified atom stereocenters. The highest BCUT2D eigenvalue weighted by Crippen LogP contribution is 2.18. The molecule has 40 heavy (non-hydrogen) atoms. The normalized spacial score (nSPS) is 13.8. The second-order valence-corrected chi connectivity index (χ2v) is 11.3. The summed E-state index contributed by atoms with van der Waals surface area (Å²) < 4.78 is 26.4. The molecule has 2 heterocycles. The van der Waals surface area contributed by atoms with Crippen molar-refractivity contribution in [1.82, 2.24) is 29.4 Å². The summed E-state index contributed by atoms with van der Waals surface area (Å²) in [6.45, 7) is 22.3. The average molecular weight is 565 g/mol. The number of nitrogens with zero attached hydrogens (tertiary/aromatic N) is 6. The minimum atomic E-state index is -1.10. The van der Waals surface area contributed by atoms with Gasteiger partial charge in [0.15, 0.2) is 12.5 Å². The highest BCUT2D eigenvalue weighted by atomic mass is 16.6. The summed E-state index contributed by atoms with van der Waals surface area (Å²) in [5.74, 6) is -1.40. The largest absolute Gasteiger partial charge is 0.471 e. The maximum absolute atomic E-state index is 12.9. The van der Waals surface area contributed by atoms with Crippen LogP contribution in [0.15, 0.2) is 24.5 Å². The van der Waals surface area contributed by atoms with Gasteiger partial charge in [0.1, 0.15) is 13.2 Å². The predicted molar refractivity (Wildman–Crippen MR) is 151 cm³/mol. The van der Waals surface area contributed by atoms with Gasteiger partial charge in [-0.05, 0) is 67.7 Å². The maximum atomic E-state index is 12.9. The Balaban J connectivity index is 2.07. The molecule has 2 atom stereocenters. The number of ether oxygens (including phenoxy) is 4. The summed E-state index contributed by atoms with van der Waals surface area (Å²) >= 11 is 0. The minimum absolute atomic E-state index is 0.000870. The summed E-state index contributed by atoms with van der Waals surface area (Å²) in [7, 11) is 0. The van der Waals surface area contributed by atoms with Crippen LogP contribution in [-0.2, 0) is 30.1 Å². The Kier molecular flexibility index (Phi) is 12.0. The standard InChI is InChI=1S/C28H48N6O6/c1-11-31(12-2)23(19-37-21-15-17-33(29-21)27(5,6)7)39-25(35)26(36)40-24(32(13-3)14-4)20-38-22-16-18-34(30-22)28(8,9)10/h15-18,23-24H,11-14,19-20H2,1-10H3. The van der Waals surface area contributed by atoms with Crippen LogP contribution < -0.4 is 9.47 Å². The zero-order chi connectivity index (χ0) is 30.1. The lowest BCUT2D eigenvalue weighted by Crippen LogP contribution is -2.46. The molecule has 0 saturated heterocycles. The van der Waals surface area contributed by atoms with Gasteiger partial charge < -0.3 is 18.9 Å². The monoisotopic (exact) mass is 564 g/mol. The van der Waals surface area contributed by atoms with Crippen LogP contribution in [0.2, 0.25) is 0 Å². The molecule has 0 spiro atoms. The molecule has 0 aromatic carbocycles. The highest BCUT2D eigenvalue weighted by molar-refractivity contribution is 6.29. The molecule has 12 nitrogen and oxygen atoms in total. The van der Waals surface area contributed by atoms with Crippen LogP contribution in [0.1, 0.15) is 69.2 Å². The predicted octanol–water partition coefficient (Wildman–Crippen LogP) is 3.47. The van der Waals surface area contributed by atoms with E-state index in [4.69, 9.17) is 18.9 Å². The smallest absolute Gasteiger partial charge is 0.419 e. The van der Waals surface area contributed by atoms with E-state index >= 15 is 0 Å². The van der Waals surface area contributed by atoms with Crippen molar-refractivity contribution in [2.45, 2.75) is 92.8 Å². The van der Waals surface area contributed by atoms with Crippen molar-refractivity contribution < 1.29 is 28.5 Å². The molecule has 0 fully saturated rings. The first-order chi connectivity index (χ1) is 18.7. The van der Waals surface area contributed by atoms with Crippen LogP contribution in [0.4, 0.5) is 0 Å². The zero-order valence-electron chi connectivity index (χ0n) is 25.8. The Morgan fingerprint density at radius 2 is 1.02 bits per heavy atom. The zero-order valence-corrected chi connectivity index (χ0v) is 25.8. The van der Waals surface area contributed by atoms with Crippen LogP contribution in [0.25, 0.3) is 0 Å². The van der Waals surface area contributed by atoms with Crippen molar-refractivity contribution in [3.8, 4) is 11.8 Å². The van der Waals surface area contributed by atoms with Gasteiger partial charge in [-0.25, -0.2) is 9.59 Å². The molecule has 0 amide bonds. The van der Waals surface area contributed by atoms with Gasteiger partial charge >= 0.3 is 11.9 Å². The molecule has 2 rings (SSSR count). The van der Waals surface area contributed by atoms with E-state index in [1.807, 2.05) is 91.4 Å². The van der Waals surface area contributed by atoms with E-state index in [9.17, 15) is 9.59 Å². The molecule has 12 heteroatoms. The van der Waals surface area contributed by atoms with Gasteiger partial charge in [-0.1, -0.05) is 27.7 Å². The molecule has 0 N–H and O–H groups in total. The third kappa shape index (κ3) is 9.51. The average Bonchev–Trinajstić information content (AvgIpc) is 3.56. The summed E-state index contributed by atoms with van der Waals surface area (Å²) in [4.78, 5) is 29.5. The van der Waals surface area contributed by atoms with E-state index in [0.717, 1.165) is 0 Å². The summed E-state index contributed by atoms with van der Waals surface area (Å²) in [5, 5.41) is 8.87. The van der Waals surface area contributed by atoms with Gasteiger partial charge in [0.25, 0.3) is 0 Å². The van der Waals surface area contributed by atoms with Crippen molar-refractivity contribution in [1.29, 1.82) is 0 Å². The summed E-state index contributed by atoms with van der Waals surface area (Å²) in [5.41, 5.74) is -0.401. The molecular weight excluding hydrogens is 516 g/mol. The molecular formula is C28H48N6O6. The van der Waals surface area contributed by atoms with Crippen LogP contribution in [0.3, 0.4) is 0 Å². The number of hydrogen-bond acceptors (Lipinski definition) is 10. The maximum Gasteiger partial charge on any atom is 0.419 e. The van der Waals surface area contributed by atoms with Gasteiger partial charge in [0.05, 0.1) is 11.1 Å². The first-order valence-corrected chi connectivity index (χ1v) is 14.0. The Morgan fingerprint density at radius 1 is 0.700 bits per heavy atom. The van der Waals surface area contributed by atoms with E-state index in [1.165, 1.54) is 0 Å². The lowest BCUT2D eigenvalue weighted by atomic mass is 10.1. The Labute approximate surface area is 238 Å². The van der Waals surface area contributed by atoms with Gasteiger partial charge in [-0.2, -0.15) is 0 Å². The number of esters is 2. The molecule has 2 aromatic rings. The van der Waals surface area contributed by atoms with Crippen molar-refractivity contribution in [3.05, 3.63) is 24.5 Å². The van der Waals surface area contributed by atoms with E-state index in [-0.39, 0.29) is 24.3 Å². The number of carbonyl (C=O) groups excluding carboxylic acids is 2. The lowest BCUT2D eigenvalue weighted by molar-refractivity contribution is -0.187.